The summed E-state index contributed by atoms with van der Waals surface area (Å²) in [6.07, 6.45) is 0.915. The molecule has 1 amide bonds. The van der Waals surface area contributed by atoms with Crippen molar-refractivity contribution < 1.29 is 9.72 Å². The number of carbonyl (C=O) groups excluding carboxylic acids is 1. The van der Waals surface area contributed by atoms with Gasteiger partial charge >= 0.3 is 0 Å². The van der Waals surface area contributed by atoms with Crippen molar-refractivity contribution in [2.24, 2.45) is 0 Å². The van der Waals surface area contributed by atoms with Gasteiger partial charge in [-0.15, -0.1) is 23.7 Å². The van der Waals surface area contributed by atoms with E-state index in [4.69, 9.17) is 11.6 Å². The molecule has 0 aliphatic carbocycles. The van der Waals surface area contributed by atoms with Crippen LogP contribution in [0.5, 0.6) is 0 Å². The van der Waals surface area contributed by atoms with Crippen molar-refractivity contribution in [1.82, 2.24) is 10.2 Å². The van der Waals surface area contributed by atoms with Gasteiger partial charge in [0.25, 0.3) is 11.6 Å². The second kappa shape index (κ2) is 9.01. The molecule has 1 aromatic carbocycles. The van der Waals surface area contributed by atoms with Gasteiger partial charge in [-0.2, -0.15) is 0 Å². The minimum Gasteiger partial charge on any atom is -0.351 e. The topological polar surface area (TPSA) is 75.5 Å². The fraction of sp³-hybridized carbons (Fsp3) is 0.389. The Bertz CT molecular complexity index is 826. The third-order valence-corrected chi connectivity index (χ3v) is 6.20. The van der Waals surface area contributed by atoms with Gasteiger partial charge in [-0.25, -0.2) is 0 Å². The standard InChI is InChI=1S/C18H20ClN3O3S.ClH/c1-11-9-15-16(10-26-17(15)19)12(2)21(11)8-7-20-18(23)13-3-5-14(6-4-13)22(24)25;/h3-6,10-12H,7-9H2,1-2H3,(H,20,23);1H/t11-,12+;/m1./s1. The number of benzene rings is 1. The van der Waals surface area contributed by atoms with Crippen LogP contribution in [0, 0.1) is 10.1 Å². The van der Waals surface area contributed by atoms with Crippen LogP contribution in [0.3, 0.4) is 0 Å². The zero-order chi connectivity index (χ0) is 18.8. The molecule has 2 aromatic rings. The average Bonchev–Trinajstić information content (AvgIpc) is 2.98. The Morgan fingerprint density at radius 1 is 1.37 bits per heavy atom. The van der Waals surface area contributed by atoms with Crippen LogP contribution in [-0.2, 0) is 6.42 Å². The quantitative estimate of drug-likeness (QED) is 0.561. The van der Waals surface area contributed by atoms with E-state index in [0.717, 1.165) is 17.3 Å². The summed E-state index contributed by atoms with van der Waals surface area (Å²) >= 11 is 7.86. The molecule has 0 unspecified atom stereocenters. The van der Waals surface area contributed by atoms with Crippen molar-refractivity contribution in [1.29, 1.82) is 0 Å². The molecule has 3 rings (SSSR count). The number of non-ortho nitro benzene ring substituents is 1. The van der Waals surface area contributed by atoms with Crippen molar-refractivity contribution in [2.75, 3.05) is 13.1 Å². The number of nitro groups is 1. The summed E-state index contributed by atoms with van der Waals surface area (Å²) in [4.78, 5) is 24.8. The Morgan fingerprint density at radius 2 is 2.04 bits per heavy atom. The van der Waals surface area contributed by atoms with E-state index in [1.807, 2.05) is 0 Å². The van der Waals surface area contributed by atoms with Gasteiger partial charge in [0, 0.05) is 42.9 Å². The number of amides is 1. The number of hydrogen-bond donors (Lipinski definition) is 1. The van der Waals surface area contributed by atoms with E-state index in [1.165, 1.54) is 35.4 Å². The molecule has 0 spiro atoms. The minimum atomic E-state index is -0.480. The van der Waals surface area contributed by atoms with E-state index in [9.17, 15) is 14.9 Å². The first kappa shape index (κ1) is 21.6. The number of carbonyl (C=O) groups is 1. The van der Waals surface area contributed by atoms with Gasteiger partial charge in [0.15, 0.2) is 0 Å². The third kappa shape index (κ3) is 4.60. The molecule has 0 saturated heterocycles. The van der Waals surface area contributed by atoms with Crippen molar-refractivity contribution in [3.8, 4) is 0 Å². The molecule has 2 atom stereocenters. The SMILES string of the molecule is C[C@@H]1Cc2c(csc2Cl)[C@H](C)N1CCNC(=O)c1ccc([N+](=O)[O-])cc1.Cl. The molecule has 1 N–H and O–H groups in total. The van der Waals surface area contributed by atoms with Crippen molar-refractivity contribution in [3.05, 3.63) is 60.8 Å². The summed E-state index contributed by atoms with van der Waals surface area (Å²) in [6, 6.07) is 6.23. The molecule has 0 fully saturated rings. The zero-order valence-corrected chi connectivity index (χ0v) is 17.4. The molecule has 1 aliphatic heterocycles. The van der Waals surface area contributed by atoms with Crippen LogP contribution in [0.25, 0.3) is 0 Å². The highest BCUT2D eigenvalue weighted by Crippen LogP contribution is 2.39. The molecule has 146 valence electrons. The number of rotatable bonds is 5. The monoisotopic (exact) mass is 429 g/mol. The number of nitrogens with one attached hydrogen (secondary N) is 1. The average molecular weight is 430 g/mol. The Balaban J connectivity index is 0.00000261. The summed E-state index contributed by atoms with van der Waals surface area (Å²) in [7, 11) is 0. The molecule has 0 bridgehead atoms. The molecule has 1 aromatic heterocycles. The lowest BCUT2D eigenvalue weighted by atomic mass is 9.93. The molecular formula is C18H21Cl2N3O3S. The fourth-order valence-corrected chi connectivity index (χ4v) is 4.67. The number of fused-ring (bicyclic) bond motifs is 1. The molecule has 0 saturated carbocycles. The molecule has 27 heavy (non-hydrogen) atoms. The third-order valence-electron chi connectivity index (χ3n) is 4.88. The van der Waals surface area contributed by atoms with E-state index >= 15 is 0 Å². The number of hydrogen-bond acceptors (Lipinski definition) is 5. The molecular weight excluding hydrogens is 409 g/mol. The van der Waals surface area contributed by atoms with Gasteiger partial charge in [0.05, 0.1) is 9.26 Å². The van der Waals surface area contributed by atoms with Crippen LogP contribution in [0.4, 0.5) is 5.69 Å². The molecule has 9 heteroatoms. The van der Waals surface area contributed by atoms with Crippen molar-refractivity contribution in [2.45, 2.75) is 32.4 Å². The Hall–Kier alpha value is -1.67. The first-order chi connectivity index (χ1) is 12.4. The molecule has 2 heterocycles. The smallest absolute Gasteiger partial charge is 0.269 e. The number of halogens is 2. The molecule has 6 nitrogen and oxygen atoms in total. The molecule has 1 aliphatic rings. The van der Waals surface area contributed by atoms with E-state index in [-0.39, 0.29) is 30.0 Å². The van der Waals surface area contributed by atoms with Crippen LogP contribution in [0.15, 0.2) is 29.6 Å². The van der Waals surface area contributed by atoms with E-state index in [2.05, 4.69) is 29.4 Å². The van der Waals surface area contributed by atoms with Gasteiger partial charge in [-0.05, 0) is 48.9 Å². The largest absolute Gasteiger partial charge is 0.351 e. The number of nitro benzene ring substituents is 1. The second-order valence-electron chi connectivity index (χ2n) is 6.47. The maximum Gasteiger partial charge on any atom is 0.269 e. The Morgan fingerprint density at radius 3 is 2.67 bits per heavy atom. The van der Waals surface area contributed by atoms with Gasteiger partial charge < -0.3 is 5.32 Å². The van der Waals surface area contributed by atoms with Gasteiger partial charge in [0.1, 0.15) is 0 Å². The normalized spacial score (nSPS) is 19.1. The lowest BCUT2D eigenvalue weighted by Crippen LogP contribution is -2.44. The first-order valence-electron chi connectivity index (χ1n) is 8.42. The summed E-state index contributed by atoms with van der Waals surface area (Å²) in [5.41, 5.74) is 2.92. The maximum absolute atomic E-state index is 12.2. The van der Waals surface area contributed by atoms with Crippen molar-refractivity contribution in [3.63, 3.8) is 0 Å². The van der Waals surface area contributed by atoms with E-state index in [1.54, 1.807) is 11.3 Å². The van der Waals surface area contributed by atoms with Crippen LogP contribution in [0.1, 0.15) is 41.4 Å². The summed E-state index contributed by atoms with van der Waals surface area (Å²) in [5.74, 6) is -0.225. The van der Waals surface area contributed by atoms with Gasteiger partial charge in [-0.3, -0.25) is 19.8 Å². The van der Waals surface area contributed by atoms with Crippen molar-refractivity contribution >= 4 is 46.9 Å². The minimum absolute atomic E-state index is 0. The number of thiophene rings is 1. The Labute approximate surface area is 173 Å². The predicted octanol–water partition coefficient (Wildman–Crippen LogP) is 4.47. The summed E-state index contributed by atoms with van der Waals surface area (Å²) in [5, 5.41) is 15.7. The van der Waals surface area contributed by atoms with Crippen LogP contribution < -0.4 is 5.32 Å². The highest BCUT2D eigenvalue weighted by molar-refractivity contribution is 7.14. The highest BCUT2D eigenvalue weighted by atomic mass is 35.5. The lowest BCUT2D eigenvalue weighted by Gasteiger charge is -2.39. The van der Waals surface area contributed by atoms with Crippen LogP contribution in [-0.4, -0.2) is 34.9 Å². The van der Waals surface area contributed by atoms with Crippen LogP contribution in [0.2, 0.25) is 4.34 Å². The fourth-order valence-electron chi connectivity index (χ4n) is 3.44. The summed E-state index contributed by atoms with van der Waals surface area (Å²) < 4.78 is 0.879. The predicted molar refractivity (Wildman–Crippen MR) is 110 cm³/mol. The van der Waals surface area contributed by atoms with Gasteiger partial charge in [0.2, 0.25) is 0 Å². The highest BCUT2D eigenvalue weighted by Gasteiger charge is 2.31. The lowest BCUT2D eigenvalue weighted by molar-refractivity contribution is -0.384. The van der Waals surface area contributed by atoms with E-state index < -0.39 is 4.92 Å². The van der Waals surface area contributed by atoms with Gasteiger partial charge in [-0.1, -0.05) is 11.6 Å². The van der Waals surface area contributed by atoms with E-state index in [0.29, 0.717) is 18.2 Å². The first-order valence-corrected chi connectivity index (χ1v) is 9.68. The van der Waals surface area contributed by atoms with Crippen LogP contribution >= 0.6 is 35.3 Å². The Kier molecular flexibility index (Phi) is 7.22. The maximum atomic E-state index is 12.2. The zero-order valence-electron chi connectivity index (χ0n) is 15.0. The molecule has 0 radical (unpaired) electrons. The number of nitrogens with zero attached hydrogens (tertiary/aromatic N) is 2. The summed E-state index contributed by atoms with van der Waals surface area (Å²) in [6.45, 7) is 5.58. The second-order valence-corrected chi connectivity index (χ2v) is 7.95.